The van der Waals surface area contributed by atoms with Gasteiger partial charge < -0.3 is 20.7 Å². The maximum atomic E-state index is 11.8. The number of nitrogens with two attached hydrogens (primary N) is 1. The van der Waals surface area contributed by atoms with Gasteiger partial charge in [-0.25, -0.2) is 4.79 Å². The second kappa shape index (κ2) is 6.91. The van der Waals surface area contributed by atoms with E-state index in [2.05, 4.69) is 5.32 Å². The number of nitrogens with zero attached hydrogens (tertiary/aromatic N) is 1. The highest BCUT2D eigenvalue weighted by atomic mass is 16.6. The number of nitrogens with one attached hydrogen (secondary N) is 1. The highest BCUT2D eigenvalue weighted by molar-refractivity contribution is 5.90. The van der Waals surface area contributed by atoms with Gasteiger partial charge in [0.05, 0.1) is 6.54 Å². The zero-order valence-corrected chi connectivity index (χ0v) is 11.3. The Morgan fingerprint density at radius 2 is 2.30 bits per heavy atom. The number of hydrogen-bond acceptors (Lipinski definition) is 4. The lowest BCUT2D eigenvalue weighted by atomic mass is 10.2. The molecule has 6 nitrogen and oxygen atoms in total. The molecule has 0 spiro atoms. The average Bonchev–Trinajstić information content (AvgIpc) is 2.85. The van der Waals surface area contributed by atoms with Crippen LogP contribution in [0, 0.1) is 0 Å². The van der Waals surface area contributed by atoms with E-state index >= 15 is 0 Å². The summed E-state index contributed by atoms with van der Waals surface area (Å²) < 4.78 is 4.82. The van der Waals surface area contributed by atoms with Gasteiger partial charge in [-0.2, -0.15) is 0 Å². The Hall–Kier alpha value is -2.08. The van der Waals surface area contributed by atoms with E-state index in [4.69, 9.17) is 10.5 Å². The molecule has 1 heterocycles. The quantitative estimate of drug-likeness (QED) is 0.821. The van der Waals surface area contributed by atoms with Gasteiger partial charge >= 0.3 is 6.09 Å². The summed E-state index contributed by atoms with van der Waals surface area (Å²) in [5, 5.41) is 2.82. The van der Waals surface area contributed by atoms with Crippen LogP contribution in [0.25, 0.3) is 0 Å². The molecule has 0 atom stereocenters. The van der Waals surface area contributed by atoms with Gasteiger partial charge in [0.25, 0.3) is 0 Å². The molecule has 6 heteroatoms. The van der Waals surface area contributed by atoms with Crippen LogP contribution in [0.2, 0.25) is 0 Å². The number of carbonyl (C=O) groups is 2. The third-order valence-electron chi connectivity index (χ3n) is 3.12. The van der Waals surface area contributed by atoms with Crippen LogP contribution in [0.1, 0.15) is 18.4 Å². The van der Waals surface area contributed by atoms with Crippen LogP contribution in [-0.2, 0) is 16.1 Å². The minimum Gasteiger partial charge on any atom is -0.448 e. The molecule has 1 saturated heterocycles. The molecule has 2 amide bonds. The van der Waals surface area contributed by atoms with E-state index in [-0.39, 0.29) is 12.0 Å². The number of ether oxygens (including phenoxy) is 1. The highest BCUT2D eigenvalue weighted by Gasteiger charge is 2.21. The lowest BCUT2D eigenvalue weighted by Gasteiger charge is -2.12. The van der Waals surface area contributed by atoms with Gasteiger partial charge in [0.1, 0.15) is 6.61 Å². The van der Waals surface area contributed by atoms with Crippen molar-refractivity contribution >= 4 is 17.7 Å². The fraction of sp³-hybridized carbons (Fsp3) is 0.429. The van der Waals surface area contributed by atoms with Crippen molar-refractivity contribution in [3.8, 4) is 0 Å². The fourth-order valence-electron chi connectivity index (χ4n) is 2.06. The second-order valence-electron chi connectivity index (χ2n) is 4.66. The predicted octanol–water partition coefficient (Wildman–Crippen LogP) is 1.32. The summed E-state index contributed by atoms with van der Waals surface area (Å²) in [7, 11) is 0. The van der Waals surface area contributed by atoms with Gasteiger partial charge in [-0.3, -0.25) is 4.79 Å². The van der Waals surface area contributed by atoms with E-state index in [1.807, 2.05) is 24.3 Å². The number of benzene rings is 1. The Bertz CT molecular complexity index is 490. The van der Waals surface area contributed by atoms with Crippen LogP contribution in [0.3, 0.4) is 0 Å². The van der Waals surface area contributed by atoms with Crippen LogP contribution in [0.15, 0.2) is 24.3 Å². The molecule has 20 heavy (non-hydrogen) atoms. The van der Waals surface area contributed by atoms with E-state index < -0.39 is 0 Å². The summed E-state index contributed by atoms with van der Waals surface area (Å²) in [5.41, 5.74) is 7.27. The summed E-state index contributed by atoms with van der Waals surface area (Å²) in [6, 6.07) is 7.46. The average molecular weight is 277 g/mol. The minimum absolute atomic E-state index is 0.0632. The topological polar surface area (TPSA) is 84.7 Å². The first kappa shape index (κ1) is 14.3. The first-order valence-corrected chi connectivity index (χ1v) is 6.69. The Labute approximate surface area is 117 Å². The van der Waals surface area contributed by atoms with E-state index in [9.17, 15) is 9.59 Å². The van der Waals surface area contributed by atoms with Crippen LogP contribution in [-0.4, -0.2) is 36.6 Å². The van der Waals surface area contributed by atoms with Crippen molar-refractivity contribution in [2.45, 2.75) is 19.4 Å². The molecule has 0 unspecified atom stereocenters. The molecular weight excluding hydrogens is 258 g/mol. The summed E-state index contributed by atoms with van der Waals surface area (Å²) in [6.07, 6.45) is 0.704. The lowest BCUT2D eigenvalue weighted by Crippen LogP contribution is -2.26. The van der Waals surface area contributed by atoms with Crippen molar-refractivity contribution in [2.24, 2.45) is 5.73 Å². The summed E-state index contributed by atoms with van der Waals surface area (Å²) in [5.74, 6) is -0.0632. The molecule has 1 aliphatic rings. The van der Waals surface area contributed by atoms with Crippen LogP contribution >= 0.6 is 0 Å². The standard InChI is InChI=1S/C14H19N3O3/c15-10-11-3-1-4-12(9-11)16-13(18)5-2-6-17-7-8-20-14(17)19/h1,3-4,9H,2,5-8,10,15H2,(H,16,18). The third-order valence-corrected chi connectivity index (χ3v) is 3.12. The van der Waals surface area contributed by atoms with Gasteiger partial charge in [0.15, 0.2) is 0 Å². The molecule has 0 bridgehead atoms. The minimum atomic E-state index is -0.291. The van der Waals surface area contributed by atoms with Gasteiger partial charge in [-0.05, 0) is 24.1 Å². The van der Waals surface area contributed by atoms with Gasteiger partial charge in [-0.1, -0.05) is 12.1 Å². The maximum Gasteiger partial charge on any atom is 0.409 e. The van der Waals surface area contributed by atoms with Crippen LogP contribution < -0.4 is 11.1 Å². The van der Waals surface area contributed by atoms with Crippen LogP contribution in [0.4, 0.5) is 10.5 Å². The van der Waals surface area contributed by atoms with E-state index in [0.717, 1.165) is 11.3 Å². The van der Waals surface area contributed by atoms with Crippen molar-refractivity contribution in [2.75, 3.05) is 25.0 Å². The molecule has 0 saturated carbocycles. The Kier molecular flexibility index (Phi) is 4.95. The first-order chi connectivity index (χ1) is 9.69. The Morgan fingerprint density at radius 1 is 1.45 bits per heavy atom. The van der Waals surface area contributed by atoms with Crippen molar-refractivity contribution in [3.05, 3.63) is 29.8 Å². The number of amides is 2. The molecule has 0 radical (unpaired) electrons. The van der Waals surface area contributed by atoms with E-state index in [0.29, 0.717) is 39.1 Å². The summed E-state index contributed by atoms with van der Waals surface area (Å²) in [6.45, 7) is 2.05. The number of hydrogen-bond donors (Lipinski definition) is 2. The maximum absolute atomic E-state index is 11.8. The summed E-state index contributed by atoms with van der Waals surface area (Å²) in [4.78, 5) is 24.6. The number of cyclic esters (lactones) is 1. The lowest BCUT2D eigenvalue weighted by molar-refractivity contribution is -0.116. The third kappa shape index (κ3) is 3.96. The highest BCUT2D eigenvalue weighted by Crippen LogP contribution is 2.11. The normalized spacial score (nSPS) is 14.2. The summed E-state index contributed by atoms with van der Waals surface area (Å²) >= 11 is 0. The van der Waals surface area contributed by atoms with Crippen molar-refractivity contribution in [1.29, 1.82) is 0 Å². The smallest absolute Gasteiger partial charge is 0.409 e. The second-order valence-corrected chi connectivity index (χ2v) is 4.66. The number of carbonyl (C=O) groups excluding carboxylic acids is 2. The Balaban J connectivity index is 1.73. The molecular formula is C14H19N3O3. The van der Waals surface area contributed by atoms with Gasteiger partial charge in [0, 0.05) is 25.2 Å². The number of rotatable bonds is 6. The molecule has 0 aliphatic carbocycles. The largest absolute Gasteiger partial charge is 0.448 e. The van der Waals surface area contributed by atoms with Crippen LogP contribution in [0.5, 0.6) is 0 Å². The Morgan fingerprint density at radius 3 is 3.00 bits per heavy atom. The van der Waals surface area contributed by atoms with E-state index in [1.54, 1.807) is 4.90 Å². The van der Waals surface area contributed by atoms with Crippen molar-refractivity contribution in [3.63, 3.8) is 0 Å². The predicted molar refractivity (Wildman–Crippen MR) is 75.1 cm³/mol. The molecule has 1 aromatic rings. The molecule has 1 fully saturated rings. The molecule has 1 aromatic carbocycles. The molecule has 1 aliphatic heterocycles. The van der Waals surface area contributed by atoms with Crippen molar-refractivity contribution in [1.82, 2.24) is 4.90 Å². The van der Waals surface area contributed by atoms with E-state index in [1.165, 1.54) is 0 Å². The molecule has 108 valence electrons. The van der Waals surface area contributed by atoms with Gasteiger partial charge in [0.2, 0.25) is 5.91 Å². The SMILES string of the molecule is NCc1cccc(NC(=O)CCCN2CCOC2=O)c1. The fourth-order valence-corrected chi connectivity index (χ4v) is 2.06. The van der Waals surface area contributed by atoms with Crippen molar-refractivity contribution < 1.29 is 14.3 Å². The van der Waals surface area contributed by atoms with Gasteiger partial charge in [-0.15, -0.1) is 0 Å². The number of anilines is 1. The molecule has 0 aromatic heterocycles. The molecule has 2 rings (SSSR count). The monoisotopic (exact) mass is 277 g/mol. The zero-order chi connectivity index (χ0) is 14.4. The first-order valence-electron chi connectivity index (χ1n) is 6.69. The molecule has 3 N–H and O–H groups in total. The zero-order valence-electron chi connectivity index (χ0n) is 11.3.